The molecule has 1 rings (SSSR count). The van der Waals surface area contributed by atoms with Crippen molar-refractivity contribution in [3.05, 3.63) is 22.7 Å². The zero-order valence-electron chi connectivity index (χ0n) is 8.25. The molecule has 0 radical (unpaired) electrons. The molecule has 0 atom stereocenters. The van der Waals surface area contributed by atoms with Crippen molar-refractivity contribution in [2.45, 2.75) is 11.1 Å². The quantitative estimate of drug-likeness (QED) is 0.830. The van der Waals surface area contributed by atoms with E-state index in [0.29, 0.717) is 4.47 Å². The monoisotopic (exact) mass is 332 g/mol. The summed E-state index contributed by atoms with van der Waals surface area (Å²) < 4.78 is 60.7. The molecule has 0 aliphatic heterocycles. The van der Waals surface area contributed by atoms with E-state index in [9.17, 15) is 21.6 Å². The first kappa shape index (κ1) is 14.3. The Hall–Kier alpha value is -0.800. The fourth-order valence-corrected chi connectivity index (χ4v) is 2.68. The minimum absolute atomic E-state index is 0.122. The van der Waals surface area contributed by atoms with Crippen LogP contribution in [0.2, 0.25) is 0 Å². The Bertz CT molecular complexity index is 516. The summed E-state index contributed by atoms with van der Waals surface area (Å²) in [5, 5.41) is 0. The normalized spacial score (nSPS) is 12.7. The molecule has 0 bridgehead atoms. The summed E-state index contributed by atoms with van der Waals surface area (Å²) in [5.41, 5.74) is 5.27. The molecule has 9 heteroatoms. The van der Waals surface area contributed by atoms with Crippen LogP contribution in [0.1, 0.15) is 0 Å². The molecule has 0 saturated carbocycles. The Labute approximate surface area is 104 Å². The van der Waals surface area contributed by atoms with Crippen LogP contribution in [-0.4, -0.2) is 21.1 Å². The lowest BCUT2D eigenvalue weighted by Crippen LogP contribution is -2.34. The highest BCUT2D eigenvalue weighted by atomic mass is 79.9. The number of sulfonamides is 1. The lowest BCUT2D eigenvalue weighted by atomic mass is 10.3. The van der Waals surface area contributed by atoms with E-state index in [1.54, 1.807) is 0 Å². The molecule has 0 heterocycles. The first-order valence-corrected chi connectivity index (χ1v) is 6.51. The maximum absolute atomic E-state index is 11.9. The number of hydrogen-bond acceptors (Lipinski definition) is 3. The Balaban J connectivity index is 3.02. The summed E-state index contributed by atoms with van der Waals surface area (Å²) in [6.45, 7) is -1.64. The summed E-state index contributed by atoms with van der Waals surface area (Å²) in [5.74, 6) is 0. The Morgan fingerprint density at radius 1 is 1.35 bits per heavy atom. The van der Waals surface area contributed by atoms with E-state index >= 15 is 0 Å². The predicted molar refractivity (Wildman–Crippen MR) is 59.8 cm³/mol. The first-order chi connectivity index (χ1) is 7.62. The minimum Gasteiger partial charge on any atom is -0.398 e. The average molecular weight is 333 g/mol. The lowest BCUT2D eigenvalue weighted by molar-refractivity contribution is -0.121. The van der Waals surface area contributed by atoms with Crippen LogP contribution in [-0.2, 0) is 10.0 Å². The van der Waals surface area contributed by atoms with E-state index in [1.165, 1.54) is 16.9 Å². The summed E-state index contributed by atoms with van der Waals surface area (Å²) in [6, 6.07) is 3.90. The number of rotatable bonds is 3. The Morgan fingerprint density at radius 3 is 2.47 bits per heavy atom. The van der Waals surface area contributed by atoms with E-state index in [0.717, 1.165) is 6.07 Å². The number of nitrogens with one attached hydrogen (secondary N) is 1. The zero-order chi connectivity index (χ0) is 13.3. The Kier molecular flexibility index (Phi) is 4.05. The number of nitrogen functional groups attached to an aromatic ring is 1. The van der Waals surface area contributed by atoms with Crippen molar-refractivity contribution in [3.8, 4) is 0 Å². The van der Waals surface area contributed by atoms with Gasteiger partial charge in [-0.1, -0.05) is 15.9 Å². The maximum Gasteiger partial charge on any atom is 0.402 e. The van der Waals surface area contributed by atoms with Gasteiger partial charge in [-0.05, 0) is 18.2 Å². The SMILES string of the molecule is Nc1ccc(Br)cc1S(=O)(=O)NCC(F)(F)F. The van der Waals surface area contributed by atoms with Crippen LogP contribution in [0.4, 0.5) is 18.9 Å². The van der Waals surface area contributed by atoms with Crippen molar-refractivity contribution >= 4 is 31.6 Å². The van der Waals surface area contributed by atoms with Gasteiger partial charge in [0.15, 0.2) is 0 Å². The highest BCUT2D eigenvalue weighted by molar-refractivity contribution is 9.10. The second-order valence-corrected chi connectivity index (χ2v) is 5.77. The fourth-order valence-electron chi connectivity index (χ4n) is 0.996. The number of benzene rings is 1. The van der Waals surface area contributed by atoms with Crippen molar-refractivity contribution in [2.75, 3.05) is 12.3 Å². The molecule has 0 saturated heterocycles. The number of anilines is 1. The molecule has 1 aromatic rings. The molecule has 0 spiro atoms. The van der Waals surface area contributed by atoms with Crippen molar-refractivity contribution in [3.63, 3.8) is 0 Å². The van der Waals surface area contributed by atoms with Gasteiger partial charge < -0.3 is 5.73 Å². The Morgan fingerprint density at radius 2 is 1.94 bits per heavy atom. The van der Waals surface area contributed by atoms with Crippen LogP contribution in [0.5, 0.6) is 0 Å². The minimum atomic E-state index is -4.62. The van der Waals surface area contributed by atoms with Crippen molar-refractivity contribution in [2.24, 2.45) is 0 Å². The van der Waals surface area contributed by atoms with Gasteiger partial charge in [-0.2, -0.15) is 13.2 Å². The highest BCUT2D eigenvalue weighted by Gasteiger charge is 2.30. The van der Waals surface area contributed by atoms with Gasteiger partial charge in [0.05, 0.1) is 5.69 Å². The third kappa shape index (κ3) is 4.17. The van der Waals surface area contributed by atoms with Gasteiger partial charge in [-0.25, -0.2) is 13.1 Å². The summed E-state index contributed by atoms with van der Waals surface area (Å²) in [7, 11) is -4.27. The number of alkyl halides is 3. The first-order valence-electron chi connectivity index (χ1n) is 4.23. The van der Waals surface area contributed by atoms with Crippen molar-refractivity contribution in [1.29, 1.82) is 0 Å². The van der Waals surface area contributed by atoms with Crippen molar-refractivity contribution < 1.29 is 21.6 Å². The number of halogens is 4. The number of nitrogens with two attached hydrogens (primary N) is 1. The van der Waals surface area contributed by atoms with E-state index in [-0.39, 0.29) is 5.69 Å². The summed E-state index contributed by atoms with van der Waals surface area (Å²) in [6.07, 6.45) is -4.62. The van der Waals surface area contributed by atoms with Gasteiger partial charge in [0.1, 0.15) is 11.4 Å². The highest BCUT2D eigenvalue weighted by Crippen LogP contribution is 2.23. The topological polar surface area (TPSA) is 72.2 Å². The lowest BCUT2D eigenvalue weighted by Gasteiger charge is -2.11. The van der Waals surface area contributed by atoms with Crippen LogP contribution < -0.4 is 10.5 Å². The fraction of sp³-hybridized carbons (Fsp3) is 0.250. The molecule has 0 amide bonds. The molecule has 0 aromatic heterocycles. The summed E-state index contributed by atoms with van der Waals surface area (Å²) >= 11 is 3.01. The van der Waals surface area contributed by atoms with Crippen LogP contribution in [0.3, 0.4) is 0 Å². The van der Waals surface area contributed by atoms with Gasteiger partial charge >= 0.3 is 6.18 Å². The van der Waals surface area contributed by atoms with Gasteiger partial charge in [0.2, 0.25) is 10.0 Å². The smallest absolute Gasteiger partial charge is 0.398 e. The molecule has 1 aromatic carbocycles. The zero-order valence-corrected chi connectivity index (χ0v) is 10.7. The molecule has 4 nitrogen and oxygen atoms in total. The maximum atomic E-state index is 11.9. The van der Waals surface area contributed by atoms with Gasteiger partial charge in [-0.15, -0.1) is 0 Å². The molecular formula is C8H8BrF3N2O2S. The second-order valence-electron chi connectivity index (χ2n) is 3.12. The van der Waals surface area contributed by atoms with Crippen LogP contribution in [0.15, 0.2) is 27.6 Å². The third-order valence-corrected chi connectivity index (χ3v) is 3.68. The molecule has 0 unspecified atom stereocenters. The van der Waals surface area contributed by atoms with E-state index in [2.05, 4.69) is 15.9 Å². The average Bonchev–Trinajstić information content (AvgIpc) is 2.18. The van der Waals surface area contributed by atoms with Crippen LogP contribution >= 0.6 is 15.9 Å². The molecule has 0 fully saturated rings. The van der Waals surface area contributed by atoms with E-state index < -0.39 is 27.6 Å². The van der Waals surface area contributed by atoms with Gasteiger partial charge in [-0.3, -0.25) is 0 Å². The molecule has 17 heavy (non-hydrogen) atoms. The van der Waals surface area contributed by atoms with Gasteiger partial charge in [0.25, 0.3) is 0 Å². The van der Waals surface area contributed by atoms with Crippen molar-refractivity contribution in [1.82, 2.24) is 4.72 Å². The van der Waals surface area contributed by atoms with E-state index in [1.807, 2.05) is 0 Å². The third-order valence-electron chi connectivity index (χ3n) is 1.73. The molecule has 0 aliphatic rings. The molecule has 96 valence electrons. The summed E-state index contributed by atoms with van der Waals surface area (Å²) in [4.78, 5) is -0.392. The largest absolute Gasteiger partial charge is 0.402 e. The second kappa shape index (κ2) is 4.83. The van der Waals surface area contributed by atoms with Crippen LogP contribution in [0, 0.1) is 0 Å². The predicted octanol–water partition coefficient (Wildman–Crippen LogP) is 1.87. The number of hydrogen-bond donors (Lipinski definition) is 2. The van der Waals surface area contributed by atoms with E-state index in [4.69, 9.17) is 5.73 Å². The van der Waals surface area contributed by atoms with Crippen LogP contribution in [0.25, 0.3) is 0 Å². The standard InChI is InChI=1S/C8H8BrF3N2O2S/c9-5-1-2-6(13)7(3-5)17(15,16)14-4-8(10,11)12/h1-3,14H,4,13H2. The molecule has 3 N–H and O–H groups in total. The van der Waals surface area contributed by atoms with Gasteiger partial charge in [0, 0.05) is 4.47 Å². The molecular weight excluding hydrogens is 325 g/mol. The molecule has 0 aliphatic carbocycles.